The van der Waals surface area contributed by atoms with Crippen LogP contribution in [0.4, 0.5) is 34.1 Å². The lowest BCUT2D eigenvalue weighted by Crippen LogP contribution is -2.62. The minimum atomic E-state index is 0.00454. The highest BCUT2D eigenvalue weighted by atomic mass is 32.1. The Balaban J connectivity index is 1.33. The molecule has 7 aromatic rings. The number of hydrogen-bond donors (Lipinski definition) is 0. The molecule has 0 unspecified atom stereocenters. The summed E-state index contributed by atoms with van der Waals surface area (Å²) < 4.78 is 2.90. The van der Waals surface area contributed by atoms with E-state index < -0.39 is 0 Å². The molecule has 10 rings (SSSR count). The van der Waals surface area contributed by atoms with Crippen molar-refractivity contribution >= 4 is 102 Å². The Kier molecular flexibility index (Phi) is 7.73. The van der Waals surface area contributed by atoms with Crippen molar-refractivity contribution in [3.63, 3.8) is 0 Å². The molecule has 0 atom stereocenters. The van der Waals surface area contributed by atoms with Crippen molar-refractivity contribution in [3.05, 3.63) is 131 Å². The van der Waals surface area contributed by atoms with Crippen LogP contribution in [0, 0.1) is 0 Å². The van der Waals surface area contributed by atoms with E-state index in [2.05, 4.69) is 183 Å². The Morgan fingerprint density at radius 3 is 1.70 bits per heavy atom. The van der Waals surface area contributed by atoms with Gasteiger partial charge >= 0.3 is 0 Å². The topological polar surface area (TPSA) is 6.48 Å². The first-order valence-electron chi connectivity index (χ1n) is 20.7. The normalized spacial score (nSPS) is 15.0. The number of thiophene rings is 1. The molecule has 0 saturated carbocycles. The third kappa shape index (κ3) is 5.37. The van der Waals surface area contributed by atoms with Gasteiger partial charge in [0.05, 0.1) is 0 Å². The summed E-state index contributed by atoms with van der Waals surface area (Å²) in [7, 11) is 2.28. The Morgan fingerprint density at radius 1 is 0.554 bits per heavy atom. The first-order valence-corrected chi connectivity index (χ1v) is 21.5. The van der Waals surface area contributed by atoms with E-state index in [-0.39, 0.29) is 23.0 Å². The van der Waals surface area contributed by atoms with Crippen LogP contribution in [0.3, 0.4) is 0 Å². The molecule has 0 radical (unpaired) electrons. The summed E-state index contributed by atoms with van der Waals surface area (Å²) in [4.78, 5) is 5.17. The van der Waals surface area contributed by atoms with Crippen molar-refractivity contribution in [2.24, 2.45) is 0 Å². The smallest absolute Gasteiger partial charge is 0.253 e. The van der Waals surface area contributed by atoms with Crippen molar-refractivity contribution in [3.8, 4) is 0 Å². The Morgan fingerprint density at radius 2 is 1.11 bits per heavy atom. The maximum atomic E-state index is 2.60. The zero-order valence-electron chi connectivity index (χ0n) is 34.8. The van der Waals surface area contributed by atoms with Crippen LogP contribution in [-0.2, 0) is 29.1 Å². The number of nitrogens with zero attached hydrogens (tertiary/aromatic N) is 2. The van der Waals surface area contributed by atoms with Crippen LogP contribution in [0.5, 0.6) is 0 Å². The highest BCUT2D eigenvalue weighted by molar-refractivity contribution is 7.26. The average Bonchev–Trinajstić information content (AvgIpc) is 3.78. The van der Waals surface area contributed by atoms with E-state index in [1.807, 2.05) is 11.3 Å². The second-order valence-electron chi connectivity index (χ2n) is 19.8. The van der Waals surface area contributed by atoms with Gasteiger partial charge in [0.1, 0.15) is 7.85 Å². The Bertz CT molecular complexity index is 2720. The number of benzene rings is 6. The molecular formula is C51H52B2N2S. The predicted octanol–water partition coefficient (Wildman–Crippen LogP) is 10.8. The maximum absolute atomic E-state index is 2.60. The van der Waals surface area contributed by atoms with Crippen molar-refractivity contribution in [1.29, 1.82) is 0 Å². The van der Waals surface area contributed by atoms with E-state index in [9.17, 15) is 0 Å². The van der Waals surface area contributed by atoms with Crippen molar-refractivity contribution in [2.45, 2.75) is 97.8 Å². The second-order valence-corrected chi connectivity index (χ2v) is 20.9. The van der Waals surface area contributed by atoms with E-state index in [1.165, 1.54) is 112 Å². The summed E-state index contributed by atoms with van der Waals surface area (Å²) in [6, 6.07) is 40.8. The predicted molar refractivity (Wildman–Crippen MR) is 250 cm³/mol. The fourth-order valence-electron chi connectivity index (χ4n) is 9.87. The SMILES string of the molecule is Bc1cc2c3c(c1)N(c1ccc(C(C)(C)C)cc1)c1ccc4sc5c6c(ccc5c4c1B3c1cc(C(C)(C)C)ccc1N2c1ccc(C(C)(C)C)cc1)CCC6. The van der Waals surface area contributed by atoms with Crippen LogP contribution in [0.2, 0.25) is 0 Å². The number of aryl methyl sites for hydroxylation is 2. The third-order valence-electron chi connectivity index (χ3n) is 12.9. The monoisotopic (exact) mass is 746 g/mol. The molecule has 0 spiro atoms. The molecule has 0 bridgehead atoms. The summed E-state index contributed by atoms with van der Waals surface area (Å²) in [5.41, 5.74) is 20.4. The van der Waals surface area contributed by atoms with E-state index >= 15 is 0 Å². The highest BCUT2D eigenvalue weighted by Crippen LogP contribution is 2.48. The van der Waals surface area contributed by atoms with E-state index in [0.717, 1.165) is 0 Å². The van der Waals surface area contributed by atoms with Crippen LogP contribution in [0.15, 0.2) is 103 Å². The first-order chi connectivity index (χ1) is 26.6. The van der Waals surface area contributed by atoms with Crippen LogP contribution < -0.4 is 31.7 Å². The van der Waals surface area contributed by atoms with E-state index in [1.54, 1.807) is 11.1 Å². The summed E-state index contributed by atoms with van der Waals surface area (Å²) in [5, 5.41) is 2.86. The lowest BCUT2D eigenvalue weighted by atomic mass is 9.32. The minimum Gasteiger partial charge on any atom is -0.311 e. The summed E-state index contributed by atoms with van der Waals surface area (Å²) in [6.07, 6.45) is 3.64. The van der Waals surface area contributed by atoms with Crippen LogP contribution in [-0.4, -0.2) is 14.6 Å². The molecule has 3 heterocycles. The number of anilines is 6. The summed E-state index contributed by atoms with van der Waals surface area (Å²) >= 11 is 2.02. The molecule has 3 aliphatic rings. The molecule has 56 heavy (non-hydrogen) atoms. The Labute approximate surface area is 339 Å². The zero-order chi connectivity index (χ0) is 39.1. The molecule has 0 amide bonds. The van der Waals surface area contributed by atoms with Gasteiger partial charge in [-0.2, -0.15) is 0 Å². The lowest BCUT2D eigenvalue weighted by Gasteiger charge is -2.45. The molecule has 278 valence electrons. The van der Waals surface area contributed by atoms with Gasteiger partial charge in [-0.1, -0.05) is 116 Å². The van der Waals surface area contributed by atoms with Crippen molar-refractivity contribution < 1.29 is 0 Å². The summed E-state index contributed by atoms with van der Waals surface area (Å²) in [5.74, 6) is 0. The lowest BCUT2D eigenvalue weighted by molar-refractivity contribution is 0.590. The minimum absolute atomic E-state index is 0.00454. The molecule has 0 saturated heterocycles. The zero-order valence-corrected chi connectivity index (χ0v) is 35.6. The quantitative estimate of drug-likeness (QED) is 0.163. The number of fused-ring (bicyclic) bond motifs is 10. The van der Waals surface area contributed by atoms with Gasteiger partial charge in [0.25, 0.3) is 6.71 Å². The van der Waals surface area contributed by atoms with Gasteiger partial charge in [0.2, 0.25) is 0 Å². The Hall–Kier alpha value is -4.73. The van der Waals surface area contributed by atoms with E-state index in [0.29, 0.717) is 0 Å². The maximum Gasteiger partial charge on any atom is 0.253 e. The molecule has 6 aromatic carbocycles. The number of rotatable bonds is 2. The van der Waals surface area contributed by atoms with Gasteiger partial charge in [-0.25, -0.2) is 0 Å². The van der Waals surface area contributed by atoms with Gasteiger partial charge in [0.15, 0.2) is 0 Å². The molecule has 5 heteroatoms. The van der Waals surface area contributed by atoms with Gasteiger partial charge in [0, 0.05) is 48.9 Å². The third-order valence-corrected chi connectivity index (χ3v) is 14.1. The standard InChI is InChI=1S/C51H52B2N2S/c1-49(2,3)31-14-19-35(20-15-31)54-40-24-18-33(51(7,8)9)27-39(40)53-46-42(54)28-34(52)29-43(46)55(36-21-16-32(17-22-36)50(4,5)6)41-25-26-44-45(47(41)53)38-23-13-30-11-10-12-37(30)48(38)56-44/h13-29H,10-12,52H2,1-9H3. The van der Waals surface area contributed by atoms with E-state index in [4.69, 9.17) is 0 Å². The van der Waals surface area contributed by atoms with Gasteiger partial charge in [-0.3, -0.25) is 0 Å². The second kappa shape index (κ2) is 12.1. The molecule has 1 aromatic heterocycles. The van der Waals surface area contributed by atoms with Gasteiger partial charge in [-0.05, 0) is 140 Å². The molecular weight excluding hydrogens is 694 g/mol. The molecule has 0 fully saturated rings. The first kappa shape index (κ1) is 35.7. The molecule has 2 nitrogen and oxygen atoms in total. The average molecular weight is 747 g/mol. The van der Waals surface area contributed by atoms with Crippen LogP contribution in [0.25, 0.3) is 20.2 Å². The fourth-order valence-corrected chi connectivity index (χ4v) is 11.2. The molecule has 0 N–H and O–H groups in total. The van der Waals surface area contributed by atoms with Crippen LogP contribution >= 0.6 is 11.3 Å². The summed E-state index contributed by atoms with van der Waals surface area (Å²) in [6.45, 7) is 21.0. The highest BCUT2D eigenvalue weighted by Gasteiger charge is 2.45. The van der Waals surface area contributed by atoms with Crippen LogP contribution in [0.1, 0.15) is 96.6 Å². The van der Waals surface area contributed by atoms with Crippen molar-refractivity contribution in [2.75, 3.05) is 9.80 Å². The fraction of sp³-hybridized carbons (Fsp3) is 0.294. The van der Waals surface area contributed by atoms with Gasteiger partial charge < -0.3 is 9.80 Å². The number of hydrogen-bond acceptors (Lipinski definition) is 3. The van der Waals surface area contributed by atoms with Gasteiger partial charge in [-0.15, -0.1) is 11.3 Å². The molecule has 2 aliphatic heterocycles. The largest absolute Gasteiger partial charge is 0.311 e. The molecule has 1 aliphatic carbocycles. The van der Waals surface area contributed by atoms with Crippen molar-refractivity contribution in [1.82, 2.24) is 0 Å².